The molecule has 0 aliphatic heterocycles. The first-order valence-electron chi connectivity index (χ1n) is 8.57. The molecule has 0 fully saturated rings. The minimum Gasteiger partial charge on any atom is -0.497 e. The van der Waals surface area contributed by atoms with E-state index in [2.05, 4.69) is 5.32 Å². The predicted octanol–water partition coefficient (Wildman–Crippen LogP) is 3.54. The van der Waals surface area contributed by atoms with Crippen molar-refractivity contribution in [1.82, 2.24) is 10.2 Å². The molecule has 0 unspecified atom stereocenters. The number of hydrogen-bond donors (Lipinski definition) is 1. The molecule has 0 heterocycles. The highest BCUT2D eigenvalue weighted by Gasteiger charge is 2.26. The van der Waals surface area contributed by atoms with E-state index in [1.165, 1.54) is 18.0 Å². The highest BCUT2D eigenvalue weighted by molar-refractivity contribution is 6.35. The third kappa shape index (κ3) is 5.78. The molecule has 0 spiro atoms. The Labute approximate surface area is 174 Å². The number of halogens is 2. The standard InChI is InChI=1S/C20H22Cl2N2O4/c1-13(20(26)23-2)24(11-14-5-4-6-16(9-14)27-3)19(25)12-28-18-8-7-15(21)10-17(18)22/h4-10,13H,11-12H2,1-3H3,(H,23,26)/t13-/m1/s1. The first kappa shape index (κ1) is 21.9. The van der Waals surface area contributed by atoms with E-state index in [9.17, 15) is 9.59 Å². The van der Waals surface area contributed by atoms with Gasteiger partial charge in [0.25, 0.3) is 5.91 Å². The monoisotopic (exact) mass is 424 g/mol. The van der Waals surface area contributed by atoms with Crippen LogP contribution in [0.15, 0.2) is 42.5 Å². The summed E-state index contributed by atoms with van der Waals surface area (Å²) in [5.74, 6) is 0.376. The van der Waals surface area contributed by atoms with Crippen LogP contribution in [0.1, 0.15) is 12.5 Å². The first-order chi connectivity index (χ1) is 13.3. The Morgan fingerprint density at radius 1 is 1.18 bits per heavy atom. The van der Waals surface area contributed by atoms with Gasteiger partial charge in [0.2, 0.25) is 5.91 Å². The van der Waals surface area contributed by atoms with Crippen molar-refractivity contribution in [3.63, 3.8) is 0 Å². The molecule has 0 saturated heterocycles. The van der Waals surface area contributed by atoms with Crippen LogP contribution in [-0.4, -0.2) is 43.5 Å². The van der Waals surface area contributed by atoms with Crippen molar-refractivity contribution >= 4 is 35.0 Å². The lowest BCUT2D eigenvalue weighted by atomic mass is 10.1. The van der Waals surface area contributed by atoms with Gasteiger partial charge in [-0.3, -0.25) is 9.59 Å². The van der Waals surface area contributed by atoms with Crippen LogP contribution < -0.4 is 14.8 Å². The van der Waals surface area contributed by atoms with E-state index in [0.29, 0.717) is 21.5 Å². The SMILES string of the molecule is CNC(=O)[C@@H](C)N(Cc1cccc(OC)c1)C(=O)COc1ccc(Cl)cc1Cl. The van der Waals surface area contributed by atoms with Crippen molar-refractivity contribution in [2.75, 3.05) is 20.8 Å². The summed E-state index contributed by atoms with van der Waals surface area (Å²) in [5, 5.41) is 3.34. The summed E-state index contributed by atoms with van der Waals surface area (Å²) in [7, 11) is 3.09. The van der Waals surface area contributed by atoms with Gasteiger partial charge >= 0.3 is 0 Å². The molecule has 0 saturated carbocycles. The van der Waals surface area contributed by atoms with Gasteiger partial charge in [-0.05, 0) is 42.8 Å². The molecule has 0 bridgehead atoms. The van der Waals surface area contributed by atoms with Crippen molar-refractivity contribution in [2.45, 2.75) is 19.5 Å². The molecule has 2 aromatic carbocycles. The Hall–Kier alpha value is -2.44. The van der Waals surface area contributed by atoms with Gasteiger partial charge in [-0.15, -0.1) is 0 Å². The van der Waals surface area contributed by atoms with E-state index >= 15 is 0 Å². The zero-order chi connectivity index (χ0) is 20.7. The van der Waals surface area contributed by atoms with Crippen LogP contribution in [0.25, 0.3) is 0 Å². The fourth-order valence-corrected chi connectivity index (χ4v) is 3.04. The number of ether oxygens (including phenoxy) is 2. The first-order valence-corrected chi connectivity index (χ1v) is 9.33. The fourth-order valence-electron chi connectivity index (χ4n) is 2.57. The van der Waals surface area contributed by atoms with E-state index in [0.717, 1.165) is 5.56 Å². The summed E-state index contributed by atoms with van der Waals surface area (Å²) in [6, 6.07) is 11.4. The molecule has 0 aromatic heterocycles. The Morgan fingerprint density at radius 3 is 2.57 bits per heavy atom. The number of carbonyl (C=O) groups is 2. The topological polar surface area (TPSA) is 67.9 Å². The molecule has 0 aliphatic rings. The molecule has 0 radical (unpaired) electrons. The summed E-state index contributed by atoms with van der Waals surface area (Å²) in [4.78, 5) is 26.4. The summed E-state index contributed by atoms with van der Waals surface area (Å²) < 4.78 is 10.8. The maximum Gasteiger partial charge on any atom is 0.261 e. The van der Waals surface area contributed by atoms with E-state index in [1.807, 2.05) is 24.3 Å². The van der Waals surface area contributed by atoms with Crippen molar-refractivity contribution in [3.8, 4) is 11.5 Å². The number of amides is 2. The maximum atomic E-state index is 12.8. The predicted molar refractivity (Wildman–Crippen MR) is 109 cm³/mol. The lowest BCUT2D eigenvalue weighted by molar-refractivity contribution is -0.142. The van der Waals surface area contributed by atoms with E-state index in [-0.39, 0.29) is 25.0 Å². The van der Waals surface area contributed by atoms with Crippen LogP contribution in [0.3, 0.4) is 0 Å². The molecule has 1 atom stereocenters. The number of methoxy groups -OCH3 is 1. The Bertz CT molecular complexity index is 845. The number of benzene rings is 2. The smallest absolute Gasteiger partial charge is 0.261 e. The Morgan fingerprint density at radius 2 is 1.93 bits per heavy atom. The molecule has 1 N–H and O–H groups in total. The van der Waals surface area contributed by atoms with Gasteiger partial charge in [0, 0.05) is 18.6 Å². The number of likely N-dealkylation sites (N-methyl/N-ethyl adjacent to an activating group) is 1. The number of carbonyl (C=O) groups excluding carboxylic acids is 2. The van der Waals surface area contributed by atoms with Crippen molar-refractivity contribution in [2.24, 2.45) is 0 Å². The average Bonchev–Trinajstić information content (AvgIpc) is 2.70. The van der Waals surface area contributed by atoms with Gasteiger partial charge in [0.05, 0.1) is 12.1 Å². The second kappa shape index (κ2) is 10.2. The summed E-state index contributed by atoms with van der Waals surface area (Å²) in [6.45, 7) is 1.61. The number of hydrogen-bond acceptors (Lipinski definition) is 4. The molecule has 6 nitrogen and oxygen atoms in total. The van der Waals surface area contributed by atoms with Crippen LogP contribution in [0.4, 0.5) is 0 Å². The van der Waals surface area contributed by atoms with Gasteiger partial charge in [0.15, 0.2) is 6.61 Å². The third-order valence-corrected chi connectivity index (χ3v) is 4.68. The Balaban J connectivity index is 2.17. The molecule has 150 valence electrons. The normalized spacial score (nSPS) is 11.5. The van der Waals surface area contributed by atoms with Gasteiger partial charge in [-0.1, -0.05) is 35.3 Å². The fraction of sp³-hybridized carbons (Fsp3) is 0.300. The molecule has 8 heteroatoms. The van der Waals surface area contributed by atoms with Crippen molar-refractivity contribution < 1.29 is 19.1 Å². The molecule has 2 aromatic rings. The third-order valence-electron chi connectivity index (χ3n) is 4.15. The second-order valence-corrected chi connectivity index (χ2v) is 6.87. The van der Waals surface area contributed by atoms with E-state index in [1.54, 1.807) is 26.2 Å². The molecule has 28 heavy (non-hydrogen) atoms. The second-order valence-electron chi connectivity index (χ2n) is 6.03. The summed E-state index contributed by atoms with van der Waals surface area (Å²) in [6.07, 6.45) is 0. The average molecular weight is 425 g/mol. The minimum atomic E-state index is -0.687. The van der Waals surface area contributed by atoms with Gasteiger partial charge in [-0.25, -0.2) is 0 Å². The maximum absolute atomic E-state index is 12.8. The van der Waals surface area contributed by atoms with Crippen molar-refractivity contribution in [1.29, 1.82) is 0 Å². The van der Waals surface area contributed by atoms with Crippen molar-refractivity contribution in [3.05, 3.63) is 58.1 Å². The lowest BCUT2D eigenvalue weighted by Crippen LogP contribution is -2.48. The van der Waals surface area contributed by atoms with Crippen LogP contribution in [0.2, 0.25) is 10.0 Å². The summed E-state index contributed by atoms with van der Waals surface area (Å²) in [5.41, 5.74) is 0.827. The quantitative estimate of drug-likeness (QED) is 0.703. The Kier molecular flexibility index (Phi) is 7.96. The molecule has 2 amide bonds. The minimum absolute atomic E-state index is 0.225. The van der Waals surface area contributed by atoms with Gasteiger partial charge in [-0.2, -0.15) is 0 Å². The van der Waals surface area contributed by atoms with Gasteiger partial charge < -0.3 is 19.7 Å². The highest BCUT2D eigenvalue weighted by atomic mass is 35.5. The summed E-state index contributed by atoms with van der Waals surface area (Å²) >= 11 is 11.9. The number of nitrogens with one attached hydrogen (secondary N) is 1. The van der Waals surface area contributed by atoms with E-state index < -0.39 is 6.04 Å². The van der Waals surface area contributed by atoms with E-state index in [4.69, 9.17) is 32.7 Å². The zero-order valence-corrected chi connectivity index (χ0v) is 17.4. The highest BCUT2D eigenvalue weighted by Crippen LogP contribution is 2.27. The van der Waals surface area contributed by atoms with Crippen LogP contribution in [0.5, 0.6) is 11.5 Å². The number of nitrogens with zero attached hydrogens (tertiary/aromatic N) is 1. The van der Waals surface area contributed by atoms with Gasteiger partial charge in [0.1, 0.15) is 17.5 Å². The molecular weight excluding hydrogens is 403 g/mol. The number of rotatable bonds is 8. The molecule has 2 rings (SSSR count). The lowest BCUT2D eigenvalue weighted by Gasteiger charge is -2.28. The largest absolute Gasteiger partial charge is 0.497 e. The molecule has 0 aliphatic carbocycles. The molecular formula is C20H22Cl2N2O4. The van der Waals surface area contributed by atoms with Crippen LogP contribution in [0, 0.1) is 0 Å². The zero-order valence-electron chi connectivity index (χ0n) is 15.9. The van der Waals surface area contributed by atoms with Crippen LogP contribution >= 0.6 is 23.2 Å². The van der Waals surface area contributed by atoms with Crippen LogP contribution in [-0.2, 0) is 16.1 Å².